The molecule has 1 aromatic heterocycles. The fourth-order valence-electron chi connectivity index (χ4n) is 2.36. The van der Waals surface area contributed by atoms with E-state index in [2.05, 4.69) is 20.5 Å². The summed E-state index contributed by atoms with van der Waals surface area (Å²) in [5.41, 5.74) is 4.69. The Bertz CT molecular complexity index is 987. The third kappa shape index (κ3) is 5.18. The average Bonchev–Trinajstić information content (AvgIpc) is 2.68. The predicted octanol–water partition coefficient (Wildman–Crippen LogP) is 4.33. The lowest BCUT2D eigenvalue weighted by molar-refractivity contribution is 0.317. The molecule has 0 aliphatic rings. The van der Waals surface area contributed by atoms with Crippen molar-refractivity contribution >= 4 is 23.8 Å². The first-order chi connectivity index (χ1) is 13.2. The first-order valence-corrected chi connectivity index (χ1v) is 8.91. The van der Waals surface area contributed by atoms with E-state index >= 15 is 0 Å². The number of nitrogens with zero attached hydrogens (tertiary/aromatic N) is 2. The fraction of sp³-hybridized carbons (Fsp3) is 0.150. The lowest BCUT2D eigenvalue weighted by Gasteiger charge is -2.07. The van der Waals surface area contributed by atoms with Crippen LogP contribution < -0.4 is 15.7 Å². The van der Waals surface area contributed by atoms with Crippen LogP contribution in [0.15, 0.2) is 64.5 Å². The van der Waals surface area contributed by atoms with E-state index in [9.17, 15) is 4.79 Å². The smallest absolute Gasteiger partial charge is 0.252 e. The molecule has 7 heteroatoms. The average molecular weight is 383 g/mol. The quantitative estimate of drug-likeness (QED) is 0.471. The van der Waals surface area contributed by atoms with Gasteiger partial charge in [0.2, 0.25) is 5.95 Å². The topological polar surface area (TPSA) is 79.4 Å². The number of benzene rings is 2. The van der Waals surface area contributed by atoms with Gasteiger partial charge in [0.1, 0.15) is 5.75 Å². The predicted molar refractivity (Wildman–Crippen MR) is 109 cm³/mol. The minimum atomic E-state index is -0.262. The molecule has 0 aliphatic heterocycles. The Kier molecular flexibility index (Phi) is 6.22. The fourth-order valence-corrected chi connectivity index (χ4v) is 2.61. The summed E-state index contributed by atoms with van der Waals surface area (Å²) < 4.78 is 5.54. The summed E-state index contributed by atoms with van der Waals surface area (Å²) in [7, 11) is 0. The summed E-state index contributed by atoms with van der Waals surface area (Å²) in [5.74, 6) is 0.900. The van der Waals surface area contributed by atoms with Gasteiger partial charge in [-0.1, -0.05) is 48.9 Å². The molecule has 0 fully saturated rings. The highest BCUT2D eigenvalue weighted by Gasteiger charge is 2.04. The first-order valence-electron chi connectivity index (χ1n) is 8.54. The molecular formula is C20H19ClN4O2. The number of aromatic amines is 1. The molecule has 2 aromatic carbocycles. The molecule has 0 amide bonds. The zero-order chi connectivity index (χ0) is 19.1. The third-order valence-corrected chi connectivity index (χ3v) is 3.91. The Hall–Kier alpha value is -3.12. The molecule has 1 heterocycles. The van der Waals surface area contributed by atoms with Crippen LogP contribution in [0.3, 0.4) is 0 Å². The molecule has 0 saturated heterocycles. The van der Waals surface area contributed by atoms with Gasteiger partial charge < -0.3 is 4.74 Å². The van der Waals surface area contributed by atoms with Gasteiger partial charge in [-0.25, -0.2) is 10.4 Å². The summed E-state index contributed by atoms with van der Waals surface area (Å²) in [4.78, 5) is 18.9. The Morgan fingerprint density at radius 3 is 2.78 bits per heavy atom. The van der Waals surface area contributed by atoms with E-state index in [0.29, 0.717) is 23.1 Å². The van der Waals surface area contributed by atoms with Crippen LogP contribution in [0.1, 0.15) is 18.9 Å². The van der Waals surface area contributed by atoms with Crippen molar-refractivity contribution in [3.63, 3.8) is 0 Å². The number of hydrazone groups is 1. The zero-order valence-corrected chi connectivity index (χ0v) is 15.5. The Morgan fingerprint density at radius 2 is 2.04 bits per heavy atom. The van der Waals surface area contributed by atoms with Gasteiger partial charge in [-0.05, 0) is 30.2 Å². The standard InChI is InChI=1S/C20H19ClN4O2/c1-2-10-27-18-9-8-14(11-16(18)21)13-22-25-20-23-17(12-19(26)24-20)15-6-4-3-5-7-15/h3-9,11-13H,2,10H2,1H3,(H2,23,24,25,26)/b22-13-. The van der Waals surface area contributed by atoms with Crippen molar-refractivity contribution < 1.29 is 4.74 Å². The number of nitrogens with one attached hydrogen (secondary N) is 2. The highest BCUT2D eigenvalue weighted by molar-refractivity contribution is 6.32. The van der Waals surface area contributed by atoms with Crippen molar-refractivity contribution in [2.75, 3.05) is 12.0 Å². The summed E-state index contributed by atoms with van der Waals surface area (Å²) in [5, 5.41) is 4.63. The van der Waals surface area contributed by atoms with Gasteiger partial charge in [0.05, 0.1) is 23.5 Å². The van der Waals surface area contributed by atoms with E-state index in [4.69, 9.17) is 16.3 Å². The lowest BCUT2D eigenvalue weighted by atomic mass is 10.1. The van der Waals surface area contributed by atoms with Crippen LogP contribution in [0.2, 0.25) is 5.02 Å². The maximum Gasteiger partial charge on any atom is 0.252 e. The number of rotatable bonds is 7. The van der Waals surface area contributed by atoms with Gasteiger partial charge in [-0.2, -0.15) is 5.10 Å². The summed E-state index contributed by atoms with van der Waals surface area (Å²) in [6.07, 6.45) is 2.50. The van der Waals surface area contributed by atoms with E-state index in [-0.39, 0.29) is 11.5 Å². The molecule has 0 unspecified atom stereocenters. The Balaban J connectivity index is 1.72. The van der Waals surface area contributed by atoms with Crippen LogP contribution >= 0.6 is 11.6 Å². The molecule has 0 aliphatic carbocycles. The van der Waals surface area contributed by atoms with Crippen molar-refractivity contribution in [1.82, 2.24) is 9.97 Å². The molecule has 0 saturated carbocycles. The van der Waals surface area contributed by atoms with Crippen LogP contribution in [-0.2, 0) is 0 Å². The number of hydrogen-bond donors (Lipinski definition) is 2. The molecule has 0 radical (unpaired) electrons. The SMILES string of the molecule is CCCOc1ccc(/C=N\Nc2nc(-c3ccccc3)cc(=O)[nH]2)cc1Cl. The molecule has 0 atom stereocenters. The van der Waals surface area contributed by atoms with Gasteiger partial charge in [-0.3, -0.25) is 9.78 Å². The molecule has 3 aromatic rings. The van der Waals surface area contributed by atoms with Gasteiger partial charge in [-0.15, -0.1) is 0 Å². The molecular weight excluding hydrogens is 364 g/mol. The Morgan fingerprint density at radius 1 is 1.22 bits per heavy atom. The molecule has 2 N–H and O–H groups in total. The number of hydrogen-bond acceptors (Lipinski definition) is 5. The van der Waals surface area contributed by atoms with Crippen molar-refractivity contribution in [1.29, 1.82) is 0 Å². The number of anilines is 1. The normalized spacial score (nSPS) is 10.9. The number of H-pyrrole nitrogens is 1. The van der Waals surface area contributed by atoms with Gasteiger partial charge in [0, 0.05) is 11.6 Å². The second-order valence-corrected chi connectivity index (χ2v) is 6.16. The lowest BCUT2D eigenvalue weighted by Crippen LogP contribution is -2.10. The zero-order valence-electron chi connectivity index (χ0n) is 14.8. The van der Waals surface area contributed by atoms with Gasteiger partial charge >= 0.3 is 0 Å². The number of halogens is 1. The highest BCUT2D eigenvalue weighted by Crippen LogP contribution is 2.25. The second kappa shape index (κ2) is 9.00. The van der Waals surface area contributed by atoms with Crippen LogP contribution in [0.25, 0.3) is 11.3 Å². The van der Waals surface area contributed by atoms with Crippen LogP contribution in [0.4, 0.5) is 5.95 Å². The molecule has 27 heavy (non-hydrogen) atoms. The molecule has 0 spiro atoms. The van der Waals surface area contributed by atoms with Crippen LogP contribution in [0.5, 0.6) is 5.75 Å². The molecule has 6 nitrogen and oxygen atoms in total. The van der Waals surface area contributed by atoms with Crippen molar-refractivity contribution in [3.05, 3.63) is 75.5 Å². The minimum absolute atomic E-state index is 0.256. The first kappa shape index (κ1) is 18.7. The van der Waals surface area contributed by atoms with Crippen molar-refractivity contribution in [3.8, 4) is 17.0 Å². The summed E-state index contributed by atoms with van der Waals surface area (Å²) >= 11 is 6.20. The highest BCUT2D eigenvalue weighted by atomic mass is 35.5. The third-order valence-electron chi connectivity index (χ3n) is 3.61. The van der Waals surface area contributed by atoms with E-state index < -0.39 is 0 Å². The largest absolute Gasteiger partial charge is 0.492 e. The Labute approximate surface area is 161 Å². The van der Waals surface area contributed by atoms with Crippen molar-refractivity contribution in [2.45, 2.75) is 13.3 Å². The van der Waals surface area contributed by atoms with E-state index in [0.717, 1.165) is 17.5 Å². The monoisotopic (exact) mass is 382 g/mol. The van der Waals surface area contributed by atoms with Gasteiger partial charge in [0.15, 0.2) is 0 Å². The van der Waals surface area contributed by atoms with Crippen LogP contribution in [0, 0.1) is 0 Å². The van der Waals surface area contributed by atoms with E-state index in [1.165, 1.54) is 6.07 Å². The van der Waals surface area contributed by atoms with Crippen LogP contribution in [-0.4, -0.2) is 22.8 Å². The van der Waals surface area contributed by atoms with E-state index in [1.54, 1.807) is 18.3 Å². The second-order valence-electron chi connectivity index (χ2n) is 5.75. The van der Waals surface area contributed by atoms with Crippen molar-refractivity contribution in [2.24, 2.45) is 5.10 Å². The number of aromatic nitrogens is 2. The van der Waals surface area contributed by atoms with Gasteiger partial charge in [0.25, 0.3) is 5.56 Å². The maximum atomic E-state index is 11.9. The molecule has 0 bridgehead atoms. The van der Waals surface area contributed by atoms with E-state index in [1.807, 2.05) is 43.3 Å². The summed E-state index contributed by atoms with van der Waals surface area (Å²) in [6.45, 7) is 2.65. The molecule has 138 valence electrons. The maximum absolute atomic E-state index is 11.9. The molecule has 3 rings (SSSR count). The minimum Gasteiger partial charge on any atom is -0.492 e. The number of ether oxygens (including phenoxy) is 1. The summed E-state index contributed by atoms with van der Waals surface area (Å²) in [6, 6.07) is 16.3.